The summed E-state index contributed by atoms with van der Waals surface area (Å²) in [6.45, 7) is 1.15. The van der Waals surface area contributed by atoms with Crippen LogP contribution in [0.5, 0.6) is 28.9 Å². The number of nitrogens with one attached hydrogen (secondary N) is 1. The van der Waals surface area contributed by atoms with Crippen LogP contribution in [0.4, 0.5) is 8.78 Å². The van der Waals surface area contributed by atoms with Crippen LogP contribution >= 0.6 is 0 Å². The largest absolute Gasteiger partial charge is 0.479 e. The van der Waals surface area contributed by atoms with Gasteiger partial charge in [0.2, 0.25) is 12.7 Å². The predicted molar refractivity (Wildman–Crippen MR) is 112 cm³/mol. The summed E-state index contributed by atoms with van der Waals surface area (Å²) in [5.74, 6) is -2.29. The van der Waals surface area contributed by atoms with E-state index in [0.29, 0.717) is 11.5 Å². The number of hydrogen-bond donors (Lipinski definition) is 2. The highest BCUT2D eigenvalue weighted by molar-refractivity contribution is 5.96. The van der Waals surface area contributed by atoms with E-state index in [2.05, 4.69) is 10.3 Å². The molecule has 2 N–H and O–H groups in total. The van der Waals surface area contributed by atoms with E-state index >= 15 is 0 Å². The molecule has 1 aliphatic rings. The van der Waals surface area contributed by atoms with Crippen LogP contribution in [0, 0.1) is 11.6 Å². The van der Waals surface area contributed by atoms with E-state index < -0.39 is 29.6 Å². The van der Waals surface area contributed by atoms with Crippen LogP contribution in [0.3, 0.4) is 0 Å². The number of aliphatic carboxylic acids is 1. The summed E-state index contributed by atoms with van der Waals surface area (Å²) in [5, 5.41) is 11.4. The Labute approximate surface area is 191 Å². The minimum atomic E-state index is -1.20. The first-order chi connectivity index (χ1) is 16.3. The minimum Gasteiger partial charge on any atom is -0.479 e. The van der Waals surface area contributed by atoms with E-state index in [1.54, 1.807) is 18.2 Å². The molecular weight excluding hydrogens is 454 g/mol. The monoisotopic (exact) mass is 472 g/mol. The summed E-state index contributed by atoms with van der Waals surface area (Å²) in [4.78, 5) is 27.4. The second kappa shape index (κ2) is 9.61. The second-order valence-electron chi connectivity index (χ2n) is 7.16. The number of fused-ring (bicyclic) bond motifs is 1. The van der Waals surface area contributed by atoms with Crippen molar-refractivity contribution in [2.75, 3.05) is 6.79 Å². The lowest BCUT2D eigenvalue weighted by molar-refractivity contribution is -0.144. The number of hydrogen-bond acceptors (Lipinski definition) is 7. The number of rotatable bonds is 8. The number of ether oxygens (including phenoxy) is 4. The number of pyridine rings is 1. The van der Waals surface area contributed by atoms with E-state index in [4.69, 9.17) is 24.1 Å². The Morgan fingerprint density at radius 3 is 2.65 bits per heavy atom. The molecule has 0 saturated carbocycles. The molecule has 2 heterocycles. The third-order valence-corrected chi connectivity index (χ3v) is 4.75. The van der Waals surface area contributed by atoms with Crippen LogP contribution in [-0.4, -0.2) is 34.9 Å². The summed E-state index contributed by atoms with van der Waals surface area (Å²) in [5.41, 5.74) is -0.0976. The Balaban J connectivity index is 1.46. The maximum Gasteiger partial charge on any atom is 0.344 e. The molecule has 0 fully saturated rings. The van der Waals surface area contributed by atoms with Gasteiger partial charge in [-0.3, -0.25) is 4.79 Å². The fraction of sp³-hybridized carbons (Fsp3) is 0.174. The molecule has 0 bridgehead atoms. The van der Waals surface area contributed by atoms with Crippen molar-refractivity contribution in [2.45, 2.75) is 19.6 Å². The molecule has 0 spiro atoms. The lowest BCUT2D eigenvalue weighted by Gasteiger charge is -2.13. The van der Waals surface area contributed by atoms with Crippen molar-refractivity contribution in [2.24, 2.45) is 0 Å². The quantitative estimate of drug-likeness (QED) is 0.510. The van der Waals surface area contributed by atoms with Gasteiger partial charge in [0.1, 0.15) is 28.7 Å². The van der Waals surface area contributed by atoms with E-state index in [-0.39, 0.29) is 41.8 Å². The predicted octanol–water partition coefficient (Wildman–Crippen LogP) is 3.66. The van der Waals surface area contributed by atoms with Crippen molar-refractivity contribution < 1.29 is 42.4 Å². The maximum atomic E-state index is 14.4. The van der Waals surface area contributed by atoms with Crippen molar-refractivity contribution in [1.29, 1.82) is 0 Å². The Kier molecular flexibility index (Phi) is 6.44. The SMILES string of the molecule is CC(Oc1ccc(CNC(=O)c2cc(F)cnc2Oc2ccc3c(c2)OCO3)c(F)c1)C(=O)O. The smallest absolute Gasteiger partial charge is 0.344 e. The first-order valence-electron chi connectivity index (χ1n) is 9.99. The molecule has 34 heavy (non-hydrogen) atoms. The third-order valence-electron chi connectivity index (χ3n) is 4.75. The summed E-state index contributed by atoms with van der Waals surface area (Å²) < 4.78 is 49.5. The molecule has 1 unspecified atom stereocenters. The van der Waals surface area contributed by atoms with E-state index in [9.17, 15) is 18.4 Å². The number of carbonyl (C=O) groups excluding carboxylic acids is 1. The van der Waals surface area contributed by atoms with Crippen molar-refractivity contribution >= 4 is 11.9 Å². The fourth-order valence-electron chi connectivity index (χ4n) is 2.99. The number of carboxylic acid groups (broad SMARTS) is 1. The first kappa shape index (κ1) is 22.8. The van der Waals surface area contributed by atoms with Gasteiger partial charge in [-0.25, -0.2) is 18.6 Å². The van der Waals surface area contributed by atoms with Gasteiger partial charge in [0.15, 0.2) is 17.6 Å². The number of aromatic nitrogens is 1. The Bertz CT molecular complexity index is 1250. The summed E-state index contributed by atoms with van der Waals surface area (Å²) >= 11 is 0. The number of halogens is 2. The van der Waals surface area contributed by atoms with Gasteiger partial charge in [0, 0.05) is 24.2 Å². The van der Waals surface area contributed by atoms with Crippen molar-refractivity contribution in [3.05, 3.63) is 71.4 Å². The normalized spacial score (nSPS) is 12.7. The Morgan fingerprint density at radius 1 is 1.12 bits per heavy atom. The average Bonchev–Trinajstić information content (AvgIpc) is 3.27. The number of carboxylic acids is 1. The van der Waals surface area contributed by atoms with Crippen LogP contribution in [0.1, 0.15) is 22.8 Å². The van der Waals surface area contributed by atoms with E-state index in [1.165, 1.54) is 19.1 Å². The van der Waals surface area contributed by atoms with Crippen LogP contribution in [0.25, 0.3) is 0 Å². The fourth-order valence-corrected chi connectivity index (χ4v) is 2.99. The molecule has 11 heteroatoms. The molecular formula is C23H18F2N2O7. The van der Waals surface area contributed by atoms with Crippen LogP contribution < -0.4 is 24.3 Å². The molecule has 9 nitrogen and oxygen atoms in total. The van der Waals surface area contributed by atoms with Crippen molar-refractivity contribution in [3.8, 4) is 28.9 Å². The molecule has 1 atom stereocenters. The lowest BCUT2D eigenvalue weighted by atomic mass is 10.2. The minimum absolute atomic E-state index is 0.0243. The summed E-state index contributed by atoms with van der Waals surface area (Å²) in [7, 11) is 0. The molecule has 4 rings (SSSR count). The molecule has 3 aromatic rings. The maximum absolute atomic E-state index is 14.4. The van der Waals surface area contributed by atoms with Gasteiger partial charge in [-0.05, 0) is 31.2 Å². The van der Waals surface area contributed by atoms with Gasteiger partial charge in [0.25, 0.3) is 5.91 Å². The molecule has 0 radical (unpaired) electrons. The zero-order valence-electron chi connectivity index (χ0n) is 17.7. The number of nitrogens with zero attached hydrogens (tertiary/aromatic N) is 1. The van der Waals surface area contributed by atoms with Crippen molar-refractivity contribution in [3.63, 3.8) is 0 Å². The molecule has 1 amide bonds. The molecule has 2 aromatic carbocycles. The number of benzene rings is 2. The van der Waals surface area contributed by atoms with Gasteiger partial charge in [-0.15, -0.1) is 0 Å². The van der Waals surface area contributed by atoms with Crippen LogP contribution in [-0.2, 0) is 11.3 Å². The summed E-state index contributed by atoms with van der Waals surface area (Å²) in [6.07, 6.45) is -0.260. The van der Waals surface area contributed by atoms with Gasteiger partial charge in [-0.2, -0.15) is 0 Å². The summed E-state index contributed by atoms with van der Waals surface area (Å²) in [6, 6.07) is 9.41. The van der Waals surface area contributed by atoms with Crippen LogP contribution in [0.15, 0.2) is 48.7 Å². The van der Waals surface area contributed by atoms with Gasteiger partial charge in [0.05, 0.1) is 6.20 Å². The Morgan fingerprint density at radius 2 is 1.88 bits per heavy atom. The van der Waals surface area contributed by atoms with Crippen molar-refractivity contribution in [1.82, 2.24) is 10.3 Å². The molecule has 0 aliphatic carbocycles. The number of amides is 1. The van der Waals surface area contributed by atoms with E-state index in [1.807, 2.05) is 0 Å². The Hall–Kier alpha value is -4.41. The van der Waals surface area contributed by atoms with Crippen LogP contribution in [0.2, 0.25) is 0 Å². The standard InChI is InChI=1S/C23H18F2N2O7/c1-12(23(29)30)33-15-3-2-13(18(25)7-15)9-26-21(28)17-6-14(24)10-27-22(17)34-16-4-5-19-20(8-16)32-11-31-19/h2-8,10,12H,9,11H2,1H3,(H,26,28)(H,29,30). The molecule has 176 valence electrons. The average molecular weight is 472 g/mol. The topological polar surface area (TPSA) is 116 Å². The molecule has 0 saturated heterocycles. The van der Waals surface area contributed by atoms with Gasteiger partial charge < -0.3 is 29.4 Å². The zero-order chi connectivity index (χ0) is 24.2. The second-order valence-corrected chi connectivity index (χ2v) is 7.16. The highest BCUT2D eigenvalue weighted by Crippen LogP contribution is 2.36. The molecule has 1 aromatic heterocycles. The van der Waals surface area contributed by atoms with Gasteiger partial charge >= 0.3 is 5.97 Å². The third kappa shape index (κ3) is 5.14. The van der Waals surface area contributed by atoms with E-state index in [0.717, 1.165) is 18.3 Å². The highest BCUT2D eigenvalue weighted by atomic mass is 19.1. The van der Waals surface area contributed by atoms with Gasteiger partial charge in [-0.1, -0.05) is 6.07 Å². The zero-order valence-corrected chi connectivity index (χ0v) is 17.7. The molecule has 1 aliphatic heterocycles. The lowest BCUT2D eigenvalue weighted by Crippen LogP contribution is -2.24. The highest BCUT2D eigenvalue weighted by Gasteiger charge is 2.20. The first-order valence-corrected chi connectivity index (χ1v) is 9.99. The number of carbonyl (C=O) groups is 2.